The zero-order valence-corrected chi connectivity index (χ0v) is 50.5. The summed E-state index contributed by atoms with van der Waals surface area (Å²) < 4.78 is 5.49. The second-order valence-corrected chi connectivity index (χ2v) is 23.1. The summed E-state index contributed by atoms with van der Waals surface area (Å²) in [4.78, 5) is 24.6. The van der Waals surface area contributed by atoms with Crippen LogP contribution in [0.15, 0.2) is 36.5 Å². The molecule has 0 spiro atoms. The smallest absolute Gasteiger partial charge is 0.305 e. The van der Waals surface area contributed by atoms with E-state index in [1.165, 1.54) is 295 Å². The highest BCUT2D eigenvalue weighted by Crippen LogP contribution is 2.18. The molecule has 0 bridgehead atoms. The van der Waals surface area contributed by atoms with E-state index >= 15 is 0 Å². The van der Waals surface area contributed by atoms with Crippen LogP contribution in [-0.2, 0) is 14.3 Å². The van der Waals surface area contributed by atoms with E-state index in [9.17, 15) is 19.8 Å². The number of aliphatic hydroxyl groups excluding tert-OH is 2. The van der Waals surface area contributed by atoms with Gasteiger partial charge in [-0.1, -0.05) is 307 Å². The molecule has 0 aromatic rings. The number of ether oxygens (including phenoxy) is 1. The van der Waals surface area contributed by atoms with Gasteiger partial charge in [-0.3, -0.25) is 9.59 Å². The molecule has 0 aromatic carbocycles. The molecule has 2 unspecified atom stereocenters. The van der Waals surface area contributed by atoms with Crippen molar-refractivity contribution in [2.24, 2.45) is 0 Å². The molecule has 442 valence electrons. The van der Waals surface area contributed by atoms with Gasteiger partial charge in [-0.05, 0) is 83.5 Å². The summed E-state index contributed by atoms with van der Waals surface area (Å²) in [6.07, 6.45) is 82.0. The third-order valence-electron chi connectivity index (χ3n) is 15.6. The number of allylic oxidation sites excluding steroid dienone is 5. The molecule has 6 nitrogen and oxygen atoms in total. The van der Waals surface area contributed by atoms with Gasteiger partial charge in [0.2, 0.25) is 5.91 Å². The molecule has 0 fully saturated rings. The highest BCUT2D eigenvalue weighted by molar-refractivity contribution is 5.76. The fourth-order valence-corrected chi connectivity index (χ4v) is 10.4. The Kier molecular flexibility index (Phi) is 63.0. The predicted octanol–water partition coefficient (Wildman–Crippen LogP) is 21.5. The highest BCUT2D eigenvalue weighted by Gasteiger charge is 2.18. The van der Waals surface area contributed by atoms with Crippen molar-refractivity contribution in [1.82, 2.24) is 5.32 Å². The van der Waals surface area contributed by atoms with Crippen LogP contribution < -0.4 is 5.32 Å². The van der Waals surface area contributed by atoms with Gasteiger partial charge >= 0.3 is 5.97 Å². The SMILES string of the molecule is CCCCCCCC/C=C\CCCCCCCC(=O)OCCCCCCCCCCCCCC/C=C\CCCCCCCCCCC(=O)NC(CO)C(O)/C=C/CCCCCCCCCCCCCCCCCCC. The molecule has 3 N–H and O–H groups in total. The van der Waals surface area contributed by atoms with Crippen LogP contribution in [0.25, 0.3) is 0 Å². The largest absolute Gasteiger partial charge is 0.466 e. The lowest BCUT2D eigenvalue weighted by Crippen LogP contribution is -2.45. The fourth-order valence-electron chi connectivity index (χ4n) is 10.4. The van der Waals surface area contributed by atoms with Crippen LogP contribution in [0.1, 0.15) is 367 Å². The molecule has 2 atom stereocenters. The summed E-state index contributed by atoms with van der Waals surface area (Å²) in [5.41, 5.74) is 0. The van der Waals surface area contributed by atoms with Crippen molar-refractivity contribution >= 4 is 11.9 Å². The van der Waals surface area contributed by atoms with Crippen LogP contribution in [0.2, 0.25) is 0 Å². The first-order valence-corrected chi connectivity index (χ1v) is 33.8. The molecule has 0 aliphatic carbocycles. The Bertz CT molecular complexity index is 1210. The van der Waals surface area contributed by atoms with Crippen LogP contribution >= 0.6 is 0 Å². The average molecular weight is 1050 g/mol. The van der Waals surface area contributed by atoms with Gasteiger partial charge in [0.1, 0.15) is 0 Å². The van der Waals surface area contributed by atoms with Crippen LogP contribution in [-0.4, -0.2) is 47.4 Å². The maximum absolute atomic E-state index is 12.5. The number of unbranched alkanes of at least 4 members (excludes halogenated alkanes) is 48. The summed E-state index contributed by atoms with van der Waals surface area (Å²) in [6.45, 7) is 4.92. The van der Waals surface area contributed by atoms with Crippen molar-refractivity contribution in [1.29, 1.82) is 0 Å². The number of amides is 1. The van der Waals surface area contributed by atoms with Crippen LogP contribution in [0.5, 0.6) is 0 Å². The number of esters is 1. The van der Waals surface area contributed by atoms with Gasteiger partial charge in [0.15, 0.2) is 0 Å². The topological polar surface area (TPSA) is 95.9 Å². The minimum Gasteiger partial charge on any atom is -0.466 e. The molecule has 6 heteroatoms. The van der Waals surface area contributed by atoms with Gasteiger partial charge in [-0.25, -0.2) is 0 Å². The molecule has 1 amide bonds. The lowest BCUT2D eigenvalue weighted by atomic mass is 10.0. The molecule has 0 aliphatic heterocycles. The van der Waals surface area contributed by atoms with E-state index < -0.39 is 12.1 Å². The molecule has 0 radical (unpaired) electrons. The normalized spacial score (nSPS) is 12.7. The molecular weight excluding hydrogens is 923 g/mol. The molecule has 75 heavy (non-hydrogen) atoms. The van der Waals surface area contributed by atoms with Gasteiger partial charge in [0, 0.05) is 12.8 Å². The zero-order chi connectivity index (χ0) is 54.3. The van der Waals surface area contributed by atoms with Gasteiger partial charge < -0.3 is 20.3 Å². The van der Waals surface area contributed by atoms with E-state index in [1.807, 2.05) is 6.08 Å². The second kappa shape index (κ2) is 64.6. The number of carbonyl (C=O) groups is 2. The molecule has 0 saturated carbocycles. The second-order valence-electron chi connectivity index (χ2n) is 23.1. The van der Waals surface area contributed by atoms with E-state index in [0.717, 1.165) is 44.9 Å². The summed E-state index contributed by atoms with van der Waals surface area (Å²) in [5.74, 6) is -0.0654. The van der Waals surface area contributed by atoms with Gasteiger partial charge in [0.25, 0.3) is 0 Å². The number of aliphatic hydroxyl groups is 2. The van der Waals surface area contributed by atoms with Crippen molar-refractivity contribution in [3.63, 3.8) is 0 Å². The van der Waals surface area contributed by atoms with Gasteiger partial charge in [-0.2, -0.15) is 0 Å². The molecule has 0 aromatic heterocycles. The molecule has 0 rings (SSSR count). The van der Waals surface area contributed by atoms with Crippen molar-refractivity contribution in [2.45, 2.75) is 379 Å². The van der Waals surface area contributed by atoms with Crippen molar-refractivity contribution in [2.75, 3.05) is 13.2 Å². The number of rotatable bonds is 63. The summed E-state index contributed by atoms with van der Waals surface area (Å²) in [7, 11) is 0. The Morgan fingerprint density at radius 3 is 0.947 bits per heavy atom. The van der Waals surface area contributed by atoms with E-state index in [0.29, 0.717) is 19.4 Å². The maximum atomic E-state index is 12.5. The van der Waals surface area contributed by atoms with Gasteiger partial charge in [-0.15, -0.1) is 0 Å². The molecule has 0 heterocycles. The van der Waals surface area contributed by atoms with Crippen molar-refractivity contribution < 1.29 is 24.5 Å². The average Bonchev–Trinajstić information content (AvgIpc) is 3.41. The Morgan fingerprint density at radius 1 is 0.360 bits per heavy atom. The third-order valence-corrected chi connectivity index (χ3v) is 15.6. The lowest BCUT2D eigenvalue weighted by Gasteiger charge is -2.20. The minimum absolute atomic E-state index is 0.00444. The van der Waals surface area contributed by atoms with E-state index in [1.54, 1.807) is 6.08 Å². The first kappa shape index (κ1) is 73.1. The third kappa shape index (κ3) is 61.2. The monoisotopic (exact) mass is 1050 g/mol. The number of nitrogens with one attached hydrogen (secondary N) is 1. The Hall–Kier alpha value is -1.92. The number of hydrogen-bond acceptors (Lipinski definition) is 5. The Morgan fingerprint density at radius 2 is 0.627 bits per heavy atom. The van der Waals surface area contributed by atoms with E-state index in [2.05, 4.69) is 43.5 Å². The summed E-state index contributed by atoms with van der Waals surface area (Å²) in [5, 5.41) is 23.2. The van der Waals surface area contributed by atoms with Crippen molar-refractivity contribution in [3.8, 4) is 0 Å². The maximum Gasteiger partial charge on any atom is 0.305 e. The molecule has 0 saturated heterocycles. The van der Waals surface area contributed by atoms with E-state index in [-0.39, 0.29) is 18.5 Å². The molecule has 0 aliphatic rings. The van der Waals surface area contributed by atoms with Crippen molar-refractivity contribution in [3.05, 3.63) is 36.5 Å². The molecular formula is C69H131NO5. The van der Waals surface area contributed by atoms with E-state index in [4.69, 9.17) is 4.74 Å². The number of hydrogen-bond donors (Lipinski definition) is 3. The first-order valence-electron chi connectivity index (χ1n) is 33.8. The predicted molar refractivity (Wildman–Crippen MR) is 329 cm³/mol. The fraction of sp³-hybridized carbons (Fsp3) is 0.884. The van der Waals surface area contributed by atoms with Gasteiger partial charge in [0.05, 0.1) is 25.4 Å². The summed E-state index contributed by atoms with van der Waals surface area (Å²) in [6, 6.07) is -0.632. The van der Waals surface area contributed by atoms with Crippen LogP contribution in [0.3, 0.4) is 0 Å². The standard InChI is InChI=1S/C69H131NO5/c1-3-5-7-9-11-13-15-17-19-20-27-30-34-37-41-45-49-53-57-61-67(72)66(65-71)70-68(73)62-58-54-50-46-42-38-35-31-28-25-23-21-22-24-26-29-32-36-40-44-48-52-56-60-64-75-69(74)63-59-55-51-47-43-39-33-18-16-14-12-10-8-6-4-2/h18,23,25,33,57,61,66-67,71-72H,3-17,19-22,24,26-32,34-56,58-60,62-65H2,1-2H3,(H,70,73)/b25-23-,33-18-,61-57+. The minimum atomic E-state index is -0.848. The first-order chi connectivity index (χ1) is 37.0. The number of carbonyl (C=O) groups excluding carboxylic acids is 2. The lowest BCUT2D eigenvalue weighted by molar-refractivity contribution is -0.143. The highest BCUT2D eigenvalue weighted by atomic mass is 16.5. The zero-order valence-electron chi connectivity index (χ0n) is 50.5. The summed E-state index contributed by atoms with van der Waals surface area (Å²) >= 11 is 0. The quantitative estimate of drug-likeness (QED) is 0.0320. The Balaban J connectivity index is 3.43. The van der Waals surface area contributed by atoms with Crippen LogP contribution in [0.4, 0.5) is 0 Å². The van der Waals surface area contributed by atoms with Crippen LogP contribution in [0, 0.1) is 0 Å². The Labute approximate surface area is 468 Å².